The summed E-state index contributed by atoms with van der Waals surface area (Å²) in [6.07, 6.45) is 0.695. The highest BCUT2D eigenvalue weighted by Crippen LogP contribution is 2.36. The smallest absolute Gasteiger partial charge is 0.271 e. The molecule has 0 heterocycles. The third-order valence-corrected chi connectivity index (χ3v) is 4.05. The largest absolute Gasteiger partial charge is 0.486 e. The molecule has 2 rings (SSSR count). The molecule has 0 amide bonds. The lowest BCUT2D eigenvalue weighted by molar-refractivity contribution is -0.384. The summed E-state index contributed by atoms with van der Waals surface area (Å²) in [4.78, 5) is 10.3. The minimum absolute atomic E-state index is 0.0312. The van der Waals surface area contributed by atoms with Crippen molar-refractivity contribution in [1.29, 1.82) is 0 Å². The first-order valence-corrected chi connectivity index (χ1v) is 6.59. The molecule has 0 radical (unpaired) electrons. The summed E-state index contributed by atoms with van der Waals surface area (Å²) in [6.45, 7) is 0. The summed E-state index contributed by atoms with van der Waals surface area (Å²) in [5.41, 5.74) is -0.0531. The van der Waals surface area contributed by atoms with E-state index in [1.54, 1.807) is 7.11 Å². The Labute approximate surface area is 117 Å². The van der Waals surface area contributed by atoms with Gasteiger partial charge in [0, 0.05) is 30.5 Å². The van der Waals surface area contributed by atoms with Crippen molar-refractivity contribution in [2.75, 3.05) is 7.11 Å². The number of ether oxygens (including phenoxy) is 2. The van der Waals surface area contributed by atoms with Gasteiger partial charge in [-0.25, -0.2) is 0 Å². The highest BCUT2D eigenvalue weighted by Gasteiger charge is 2.42. The van der Waals surface area contributed by atoms with Gasteiger partial charge in [-0.2, -0.15) is 0 Å². The van der Waals surface area contributed by atoms with Crippen LogP contribution in [-0.2, 0) is 4.74 Å². The highest BCUT2D eigenvalue weighted by molar-refractivity contribution is 9.09. The lowest BCUT2D eigenvalue weighted by atomic mass is 9.91. The summed E-state index contributed by atoms with van der Waals surface area (Å²) in [5.74, 6) is 0.439. The quantitative estimate of drug-likeness (QED) is 0.481. The zero-order chi connectivity index (χ0) is 13.3. The molecule has 1 aromatic rings. The van der Waals surface area contributed by atoms with E-state index in [9.17, 15) is 10.1 Å². The lowest BCUT2D eigenvalue weighted by Crippen LogP contribution is -2.51. The molecule has 0 aromatic heterocycles. The van der Waals surface area contributed by atoms with Crippen LogP contribution in [0.2, 0.25) is 5.02 Å². The van der Waals surface area contributed by atoms with Gasteiger partial charge in [0.25, 0.3) is 5.69 Å². The molecule has 7 heteroatoms. The second-order valence-electron chi connectivity index (χ2n) is 3.98. The van der Waals surface area contributed by atoms with Gasteiger partial charge < -0.3 is 9.47 Å². The van der Waals surface area contributed by atoms with Crippen LogP contribution in [0.3, 0.4) is 0 Å². The molecule has 3 atom stereocenters. The highest BCUT2D eigenvalue weighted by atomic mass is 79.9. The molecule has 1 fully saturated rings. The molecule has 1 saturated carbocycles. The molecule has 0 aliphatic heterocycles. The lowest BCUT2D eigenvalue weighted by Gasteiger charge is -2.40. The van der Waals surface area contributed by atoms with Crippen LogP contribution in [0.1, 0.15) is 6.42 Å². The molecule has 5 nitrogen and oxygen atoms in total. The molecule has 0 N–H and O–H groups in total. The van der Waals surface area contributed by atoms with E-state index in [4.69, 9.17) is 21.1 Å². The number of nitrogens with zero attached hydrogens (tertiary/aromatic N) is 1. The Balaban J connectivity index is 2.09. The number of nitro benzene ring substituents is 1. The molecule has 1 aliphatic carbocycles. The van der Waals surface area contributed by atoms with Crippen LogP contribution in [0.25, 0.3) is 0 Å². The number of nitro groups is 1. The molecule has 98 valence electrons. The summed E-state index contributed by atoms with van der Waals surface area (Å²) in [6, 6.07) is 4.16. The standard InChI is InChI=1S/C11H11BrClNO4/c1-17-11-7(12)5-10(11)18-9-3-2-6(14(15)16)4-8(9)13/h2-4,7,10-11H,5H2,1H3. The average Bonchev–Trinajstić information content (AvgIpc) is 2.30. The van der Waals surface area contributed by atoms with Gasteiger partial charge in [-0.1, -0.05) is 27.5 Å². The number of hydrogen-bond acceptors (Lipinski definition) is 4. The number of halogens is 2. The van der Waals surface area contributed by atoms with E-state index in [0.29, 0.717) is 5.75 Å². The predicted octanol–water partition coefficient (Wildman–Crippen LogP) is 3.18. The van der Waals surface area contributed by atoms with Crippen molar-refractivity contribution in [3.05, 3.63) is 33.3 Å². The van der Waals surface area contributed by atoms with Crippen LogP contribution in [0.4, 0.5) is 5.69 Å². The van der Waals surface area contributed by atoms with E-state index in [-0.39, 0.29) is 27.7 Å². The summed E-state index contributed by atoms with van der Waals surface area (Å²) < 4.78 is 10.9. The number of methoxy groups -OCH3 is 1. The number of non-ortho nitro benzene ring substituents is 1. The van der Waals surface area contributed by atoms with Crippen molar-refractivity contribution in [3.8, 4) is 5.75 Å². The van der Waals surface area contributed by atoms with Gasteiger partial charge in [0.1, 0.15) is 18.0 Å². The van der Waals surface area contributed by atoms with Gasteiger partial charge in [-0.3, -0.25) is 10.1 Å². The number of alkyl halides is 1. The van der Waals surface area contributed by atoms with Crippen molar-refractivity contribution < 1.29 is 14.4 Å². The van der Waals surface area contributed by atoms with Gasteiger partial charge >= 0.3 is 0 Å². The van der Waals surface area contributed by atoms with Crippen LogP contribution >= 0.6 is 27.5 Å². The van der Waals surface area contributed by atoms with E-state index >= 15 is 0 Å². The monoisotopic (exact) mass is 335 g/mol. The van der Waals surface area contributed by atoms with E-state index in [1.165, 1.54) is 18.2 Å². The third-order valence-electron chi connectivity index (χ3n) is 2.86. The number of rotatable bonds is 4. The zero-order valence-electron chi connectivity index (χ0n) is 9.51. The van der Waals surface area contributed by atoms with E-state index in [1.807, 2.05) is 0 Å². The van der Waals surface area contributed by atoms with E-state index in [2.05, 4.69) is 15.9 Å². The Morgan fingerprint density at radius 2 is 2.28 bits per heavy atom. The summed E-state index contributed by atoms with van der Waals surface area (Å²) in [7, 11) is 1.62. The maximum Gasteiger partial charge on any atom is 0.271 e. The maximum atomic E-state index is 10.6. The predicted molar refractivity (Wildman–Crippen MR) is 70.7 cm³/mol. The molecule has 0 saturated heterocycles. The Morgan fingerprint density at radius 3 is 2.78 bits per heavy atom. The van der Waals surface area contributed by atoms with Crippen LogP contribution in [0.15, 0.2) is 18.2 Å². The van der Waals surface area contributed by atoms with Gasteiger partial charge in [-0.05, 0) is 6.07 Å². The van der Waals surface area contributed by atoms with Gasteiger partial charge in [0.05, 0.1) is 9.95 Å². The Bertz CT molecular complexity index is 470. The maximum absolute atomic E-state index is 10.6. The summed E-state index contributed by atoms with van der Waals surface area (Å²) in [5, 5.41) is 10.8. The number of benzene rings is 1. The minimum Gasteiger partial charge on any atom is -0.486 e. The molecular formula is C11H11BrClNO4. The fourth-order valence-corrected chi connectivity index (χ4v) is 2.95. The van der Waals surface area contributed by atoms with Crippen molar-refractivity contribution >= 4 is 33.2 Å². The fourth-order valence-electron chi connectivity index (χ4n) is 1.80. The molecular weight excluding hydrogens is 325 g/mol. The van der Waals surface area contributed by atoms with Crippen LogP contribution in [-0.4, -0.2) is 29.1 Å². The third kappa shape index (κ3) is 2.60. The van der Waals surface area contributed by atoms with Crippen LogP contribution < -0.4 is 4.74 Å². The van der Waals surface area contributed by atoms with Crippen molar-refractivity contribution in [1.82, 2.24) is 0 Å². The molecule has 3 unspecified atom stereocenters. The van der Waals surface area contributed by atoms with Gasteiger partial charge in [0.2, 0.25) is 0 Å². The SMILES string of the molecule is COC1C(Br)CC1Oc1ccc([N+](=O)[O-])cc1Cl. The van der Waals surface area contributed by atoms with Crippen molar-refractivity contribution in [2.45, 2.75) is 23.5 Å². The molecule has 0 bridgehead atoms. The minimum atomic E-state index is -0.495. The first-order chi connectivity index (χ1) is 8.52. The average molecular weight is 337 g/mol. The molecule has 0 spiro atoms. The van der Waals surface area contributed by atoms with Crippen molar-refractivity contribution in [3.63, 3.8) is 0 Å². The topological polar surface area (TPSA) is 61.6 Å². The van der Waals surface area contributed by atoms with Gasteiger partial charge in [0.15, 0.2) is 0 Å². The zero-order valence-corrected chi connectivity index (χ0v) is 11.8. The fraction of sp³-hybridized carbons (Fsp3) is 0.455. The van der Waals surface area contributed by atoms with Crippen LogP contribution in [0, 0.1) is 10.1 Å². The van der Waals surface area contributed by atoms with Crippen molar-refractivity contribution in [2.24, 2.45) is 0 Å². The molecule has 1 aliphatic rings. The Morgan fingerprint density at radius 1 is 1.56 bits per heavy atom. The second kappa shape index (κ2) is 5.42. The molecule has 1 aromatic carbocycles. The van der Waals surface area contributed by atoms with Gasteiger partial charge in [-0.15, -0.1) is 0 Å². The van der Waals surface area contributed by atoms with E-state index < -0.39 is 4.92 Å². The van der Waals surface area contributed by atoms with Crippen LogP contribution in [0.5, 0.6) is 5.75 Å². The Hall–Kier alpha value is -0.850. The van der Waals surface area contributed by atoms with E-state index in [0.717, 1.165) is 6.42 Å². The Kier molecular flexibility index (Phi) is 4.09. The first-order valence-electron chi connectivity index (χ1n) is 5.30. The summed E-state index contributed by atoms with van der Waals surface area (Å²) >= 11 is 9.41. The normalized spacial score (nSPS) is 26.5. The first kappa shape index (κ1) is 13.6. The second-order valence-corrected chi connectivity index (χ2v) is 5.56. The molecule has 18 heavy (non-hydrogen) atoms. The number of hydrogen-bond donors (Lipinski definition) is 0.